The van der Waals surface area contributed by atoms with Crippen molar-refractivity contribution in [3.63, 3.8) is 0 Å². The Morgan fingerprint density at radius 3 is 2.33 bits per heavy atom. The number of rotatable bonds is 3. The third kappa shape index (κ3) is 4.65. The molecule has 1 N–H and O–H groups in total. The molecule has 0 aliphatic carbocycles. The molecule has 0 saturated carbocycles. The number of benzene rings is 1. The molecule has 0 radical (unpaired) electrons. The lowest BCUT2D eigenvalue weighted by atomic mass is 9.76. The van der Waals surface area contributed by atoms with Gasteiger partial charge >= 0.3 is 13.2 Å². The van der Waals surface area contributed by atoms with Crippen LogP contribution in [0.15, 0.2) is 18.2 Å². The van der Waals surface area contributed by atoms with Crippen LogP contribution >= 0.6 is 0 Å². The fraction of sp³-hybridized carbons (Fsp3) is 0.636. The molecule has 7 nitrogen and oxygen atoms in total. The highest BCUT2D eigenvalue weighted by atomic mass is 16.7. The Morgan fingerprint density at radius 2 is 1.80 bits per heavy atom. The van der Waals surface area contributed by atoms with Gasteiger partial charge in [-0.15, -0.1) is 0 Å². The normalized spacial score (nSPS) is 23.1. The van der Waals surface area contributed by atoms with Gasteiger partial charge in [0.25, 0.3) is 0 Å². The molecule has 0 spiro atoms. The predicted octanol–water partition coefficient (Wildman–Crippen LogP) is 2.92. The summed E-state index contributed by atoms with van der Waals surface area (Å²) in [7, 11) is -0.445. The average Bonchev–Trinajstić information content (AvgIpc) is 3.01. The number of carbonyl (C=O) groups excluding carboxylic acids is 2. The highest BCUT2D eigenvalue weighted by Crippen LogP contribution is 2.37. The van der Waals surface area contributed by atoms with E-state index in [1.165, 1.54) is 0 Å². The Morgan fingerprint density at radius 1 is 1.20 bits per heavy atom. The van der Waals surface area contributed by atoms with Crippen molar-refractivity contribution >= 4 is 30.3 Å². The first-order valence-electron chi connectivity index (χ1n) is 10.4. The third-order valence-electron chi connectivity index (χ3n) is 5.92. The van der Waals surface area contributed by atoms with Crippen LogP contribution in [0.4, 0.5) is 10.5 Å². The molecule has 2 fully saturated rings. The standard InChI is InChI=1S/C22H33BN2O5/c1-14-11-16(9-10-17(14)23-29-21(5,6)22(7,8)30-23)25-13-15(12-18(25)26)24-19(27)28-20(2,3)4/h9-11,15H,12-13H2,1-8H3,(H,24,27)/t15-/m0/s1. The number of ether oxygens (including phenoxy) is 1. The molecular formula is C22H33BN2O5. The molecular weight excluding hydrogens is 383 g/mol. The zero-order chi connectivity index (χ0) is 22.5. The molecule has 1 aromatic carbocycles. The van der Waals surface area contributed by atoms with Gasteiger partial charge in [0.15, 0.2) is 0 Å². The molecule has 2 amide bonds. The van der Waals surface area contributed by atoms with Gasteiger partial charge in [0, 0.05) is 18.7 Å². The van der Waals surface area contributed by atoms with Crippen LogP contribution in [-0.4, -0.2) is 48.5 Å². The summed E-state index contributed by atoms with van der Waals surface area (Å²) in [6.07, 6.45) is -0.258. The van der Waals surface area contributed by atoms with E-state index in [-0.39, 0.29) is 18.4 Å². The van der Waals surface area contributed by atoms with Gasteiger partial charge in [-0.2, -0.15) is 0 Å². The molecule has 30 heavy (non-hydrogen) atoms. The maximum Gasteiger partial charge on any atom is 0.495 e. The number of alkyl carbamates (subject to hydrolysis) is 1. The molecule has 1 aromatic rings. The summed E-state index contributed by atoms with van der Waals surface area (Å²) in [4.78, 5) is 26.3. The Kier molecular flexibility index (Phi) is 5.71. The largest absolute Gasteiger partial charge is 0.495 e. The quantitative estimate of drug-likeness (QED) is 0.767. The van der Waals surface area contributed by atoms with Crippen molar-refractivity contribution in [2.75, 3.05) is 11.4 Å². The summed E-state index contributed by atoms with van der Waals surface area (Å²) in [6, 6.07) is 5.54. The fourth-order valence-corrected chi connectivity index (χ4v) is 3.59. The van der Waals surface area contributed by atoms with Gasteiger partial charge in [0.2, 0.25) is 5.91 Å². The van der Waals surface area contributed by atoms with Crippen LogP contribution in [-0.2, 0) is 18.8 Å². The first-order chi connectivity index (χ1) is 13.7. The summed E-state index contributed by atoms with van der Waals surface area (Å²) < 4.78 is 17.6. The summed E-state index contributed by atoms with van der Waals surface area (Å²) in [5.41, 5.74) is 1.34. The van der Waals surface area contributed by atoms with Crippen molar-refractivity contribution < 1.29 is 23.6 Å². The molecule has 8 heteroatoms. The second-order valence-corrected chi connectivity index (χ2v) is 10.2. The lowest BCUT2D eigenvalue weighted by Gasteiger charge is -2.32. The number of amides is 2. The summed E-state index contributed by atoms with van der Waals surface area (Å²) in [6.45, 7) is 15.9. The van der Waals surface area contributed by atoms with E-state index in [1.807, 2.05) is 73.6 Å². The van der Waals surface area contributed by atoms with Crippen LogP contribution in [0.1, 0.15) is 60.5 Å². The van der Waals surface area contributed by atoms with E-state index in [0.717, 1.165) is 16.7 Å². The maximum absolute atomic E-state index is 12.6. The number of anilines is 1. The number of nitrogens with zero attached hydrogens (tertiary/aromatic N) is 1. The van der Waals surface area contributed by atoms with Crippen LogP contribution in [0.3, 0.4) is 0 Å². The zero-order valence-corrected chi connectivity index (χ0v) is 19.3. The van der Waals surface area contributed by atoms with E-state index in [9.17, 15) is 9.59 Å². The molecule has 164 valence electrons. The van der Waals surface area contributed by atoms with Crippen molar-refractivity contribution in [1.29, 1.82) is 0 Å². The van der Waals surface area contributed by atoms with E-state index in [0.29, 0.717) is 6.54 Å². The first-order valence-corrected chi connectivity index (χ1v) is 10.4. The van der Waals surface area contributed by atoms with Gasteiger partial charge in [-0.25, -0.2) is 4.79 Å². The van der Waals surface area contributed by atoms with E-state index in [4.69, 9.17) is 14.0 Å². The number of nitrogens with one attached hydrogen (secondary N) is 1. The van der Waals surface area contributed by atoms with Gasteiger partial charge in [0.1, 0.15) is 5.60 Å². The molecule has 2 saturated heterocycles. The minimum Gasteiger partial charge on any atom is -0.444 e. The minimum absolute atomic E-state index is 0.0289. The van der Waals surface area contributed by atoms with Gasteiger partial charge in [-0.1, -0.05) is 6.07 Å². The first kappa shape index (κ1) is 22.6. The number of hydrogen-bond acceptors (Lipinski definition) is 5. The Bertz CT molecular complexity index is 830. The van der Waals surface area contributed by atoms with Crippen molar-refractivity contribution in [2.45, 2.75) is 84.7 Å². The average molecular weight is 416 g/mol. The smallest absolute Gasteiger partial charge is 0.444 e. The topological polar surface area (TPSA) is 77.1 Å². The molecule has 1 atom stereocenters. The van der Waals surface area contributed by atoms with Crippen LogP contribution in [0.25, 0.3) is 0 Å². The minimum atomic E-state index is -0.577. The van der Waals surface area contributed by atoms with E-state index < -0.39 is 30.0 Å². The fourth-order valence-electron chi connectivity index (χ4n) is 3.59. The molecule has 2 aliphatic rings. The second-order valence-electron chi connectivity index (χ2n) is 10.2. The van der Waals surface area contributed by atoms with Gasteiger partial charge in [-0.05, 0) is 78.5 Å². The van der Waals surface area contributed by atoms with E-state index in [1.54, 1.807) is 4.90 Å². The number of aryl methyl sites for hydroxylation is 1. The van der Waals surface area contributed by atoms with Crippen LogP contribution in [0, 0.1) is 6.92 Å². The number of hydrogen-bond donors (Lipinski definition) is 1. The SMILES string of the molecule is Cc1cc(N2C[C@@H](NC(=O)OC(C)(C)C)CC2=O)ccc1B1OC(C)(C)C(C)(C)O1. The summed E-state index contributed by atoms with van der Waals surface area (Å²) >= 11 is 0. The van der Waals surface area contributed by atoms with Gasteiger partial charge < -0.3 is 24.3 Å². The maximum atomic E-state index is 12.6. The highest BCUT2D eigenvalue weighted by Gasteiger charge is 2.52. The van der Waals surface area contributed by atoms with Crippen LogP contribution in [0.5, 0.6) is 0 Å². The molecule has 0 bridgehead atoms. The monoisotopic (exact) mass is 416 g/mol. The second kappa shape index (κ2) is 7.57. The van der Waals surface area contributed by atoms with Crippen molar-refractivity contribution in [3.8, 4) is 0 Å². The number of carbonyl (C=O) groups is 2. The Hall–Kier alpha value is -2.06. The zero-order valence-electron chi connectivity index (χ0n) is 19.3. The highest BCUT2D eigenvalue weighted by molar-refractivity contribution is 6.62. The van der Waals surface area contributed by atoms with Crippen LogP contribution in [0.2, 0.25) is 0 Å². The Balaban J connectivity index is 1.70. The van der Waals surface area contributed by atoms with Crippen molar-refractivity contribution in [1.82, 2.24) is 5.32 Å². The van der Waals surface area contributed by atoms with E-state index >= 15 is 0 Å². The third-order valence-corrected chi connectivity index (χ3v) is 5.92. The lowest BCUT2D eigenvalue weighted by molar-refractivity contribution is -0.117. The van der Waals surface area contributed by atoms with Crippen LogP contribution < -0.4 is 15.7 Å². The van der Waals surface area contributed by atoms with Gasteiger partial charge in [-0.3, -0.25) is 4.79 Å². The van der Waals surface area contributed by atoms with E-state index in [2.05, 4.69) is 5.32 Å². The summed E-state index contributed by atoms with van der Waals surface area (Å²) in [5, 5.41) is 2.79. The van der Waals surface area contributed by atoms with Crippen molar-refractivity contribution in [2.24, 2.45) is 0 Å². The molecule has 2 aliphatic heterocycles. The molecule has 0 aromatic heterocycles. The Labute approximate surface area is 179 Å². The molecule has 3 rings (SSSR count). The van der Waals surface area contributed by atoms with Crippen molar-refractivity contribution in [3.05, 3.63) is 23.8 Å². The molecule has 0 unspecified atom stereocenters. The predicted molar refractivity (Wildman–Crippen MR) is 117 cm³/mol. The lowest BCUT2D eigenvalue weighted by Crippen LogP contribution is -2.41. The summed E-state index contributed by atoms with van der Waals surface area (Å²) in [5.74, 6) is -0.0289. The molecule has 2 heterocycles. The van der Waals surface area contributed by atoms with Gasteiger partial charge in [0.05, 0.1) is 17.2 Å².